The third-order valence-electron chi connectivity index (χ3n) is 7.38. The maximum Gasteiger partial charge on any atom is 0.415 e. The molecule has 1 amide bonds. The highest BCUT2D eigenvalue weighted by Gasteiger charge is 2.38. The maximum absolute atomic E-state index is 14.0. The van der Waals surface area contributed by atoms with Crippen LogP contribution in [-0.2, 0) is 14.6 Å². The molecule has 0 spiro atoms. The van der Waals surface area contributed by atoms with Crippen LogP contribution in [-0.4, -0.2) is 54.4 Å². The predicted molar refractivity (Wildman–Crippen MR) is 171 cm³/mol. The second-order valence-corrected chi connectivity index (χ2v) is 13.3. The number of amides is 1. The largest absolute Gasteiger partial charge is 0.451 e. The van der Waals surface area contributed by atoms with Crippen molar-refractivity contribution < 1.29 is 31.9 Å². The topological polar surface area (TPSA) is 178 Å². The third kappa shape index (κ3) is 6.92. The van der Waals surface area contributed by atoms with Crippen LogP contribution in [0.3, 0.4) is 0 Å². The Morgan fingerprint density at radius 2 is 1.73 bits per heavy atom. The van der Waals surface area contributed by atoms with Crippen molar-refractivity contribution in [2.24, 2.45) is 0 Å². The van der Waals surface area contributed by atoms with E-state index < -0.39 is 38.6 Å². The number of halogens is 1. The highest BCUT2D eigenvalue weighted by Crippen LogP contribution is 2.33. The molecule has 1 aliphatic rings. The van der Waals surface area contributed by atoms with E-state index >= 15 is 0 Å². The molecule has 13 nitrogen and oxygen atoms in total. The molecule has 2 aromatic heterocycles. The van der Waals surface area contributed by atoms with E-state index in [4.69, 9.17) is 4.74 Å². The van der Waals surface area contributed by atoms with E-state index in [1.807, 2.05) is 35.2 Å². The van der Waals surface area contributed by atoms with E-state index in [1.165, 1.54) is 42.5 Å². The Morgan fingerprint density at radius 1 is 1.06 bits per heavy atom. The minimum atomic E-state index is -4.28. The molecule has 0 unspecified atom stereocenters. The van der Waals surface area contributed by atoms with E-state index in [0.29, 0.717) is 43.0 Å². The predicted octanol–water partition coefficient (Wildman–Crippen LogP) is 4.39. The Labute approximate surface area is 278 Å². The smallest absolute Gasteiger partial charge is 0.415 e. The Balaban J connectivity index is 1.21. The van der Waals surface area contributed by atoms with Gasteiger partial charge in [0.15, 0.2) is 11.0 Å². The molecule has 5 aromatic rings. The van der Waals surface area contributed by atoms with E-state index in [0.717, 1.165) is 11.8 Å². The summed E-state index contributed by atoms with van der Waals surface area (Å²) in [4.78, 5) is 23.5. The molecule has 244 valence electrons. The Morgan fingerprint density at radius 3 is 2.42 bits per heavy atom. The van der Waals surface area contributed by atoms with Gasteiger partial charge in [-0.1, -0.05) is 72.4 Å². The zero-order valence-corrected chi connectivity index (χ0v) is 26.7. The standard InChI is InChI=1S/C32H26FN7O6S2/c33-25-13-7-8-14-26(25)35-27(41)20-47-32-36-28(21-9-3-1-4-10-21)24(19-34)29(37-32)39-17-15-22(16-18-39)45-30-31(40(42)46-38-30)48(43,44)23-11-5-2-6-12-23/h1-14,22H,15-18,20H2,(H,35,41). The van der Waals surface area contributed by atoms with Gasteiger partial charge in [-0.3, -0.25) is 9.42 Å². The summed E-state index contributed by atoms with van der Waals surface area (Å²) >= 11 is 1.04. The molecule has 1 saturated heterocycles. The number of nitrogens with one attached hydrogen (secondary N) is 1. The lowest BCUT2D eigenvalue weighted by Gasteiger charge is -2.32. The number of aromatic nitrogens is 4. The van der Waals surface area contributed by atoms with E-state index in [1.54, 1.807) is 12.1 Å². The number of sulfone groups is 1. The molecule has 0 saturated carbocycles. The number of carbonyl (C=O) groups is 1. The molecule has 0 radical (unpaired) electrons. The molecule has 48 heavy (non-hydrogen) atoms. The fraction of sp³-hybridized carbons (Fsp3) is 0.188. The summed E-state index contributed by atoms with van der Waals surface area (Å²) in [5.41, 5.74) is 1.36. The Bertz CT molecular complexity index is 2090. The van der Waals surface area contributed by atoms with Gasteiger partial charge in [0.1, 0.15) is 23.6 Å². The molecule has 1 fully saturated rings. The van der Waals surface area contributed by atoms with E-state index in [9.17, 15) is 28.1 Å². The van der Waals surface area contributed by atoms with Crippen molar-refractivity contribution in [3.63, 3.8) is 0 Å². The highest BCUT2D eigenvalue weighted by molar-refractivity contribution is 7.99. The van der Waals surface area contributed by atoms with Gasteiger partial charge >= 0.3 is 10.9 Å². The fourth-order valence-electron chi connectivity index (χ4n) is 5.08. The van der Waals surface area contributed by atoms with Crippen molar-refractivity contribution >= 4 is 39.0 Å². The van der Waals surface area contributed by atoms with Crippen molar-refractivity contribution in [2.75, 3.05) is 29.1 Å². The third-order valence-corrected chi connectivity index (χ3v) is 9.96. The number of nitrogens with zero attached hydrogens (tertiary/aromatic N) is 6. The van der Waals surface area contributed by atoms with Crippen LogP contribution in [0, 0.1) is 22.4 Å². The quantitative estimate of drug-likeness (QED) is 0.125. The highest BCUT2D eigenvalue weighted by atomic mass is 32.2. The first-order valence-electron chi connectivity index (χ1n) is 14.6. The minimum absolute atomic E-state index is 0.0556. The fourth-order valence-corrected chi connectivity index (χ4v) is 7.00. The number of carbonyl (C=O) groups excluding carboxylic acids is 1. The first-order chi connectivity index (χ1) is 23.2. The van der Waals surface area contributed by atoms with Crippen LogP contribution in [0.5, 0.6) is 5.88 Å². The summed E-state index contributed by atoms with van der Waals surface area (Å²) in [6, 6.07) is 24.6. The van der Waals surface area contributed by atoms with Crippen LogP contribution in [0.15, 0.2) is 105 Å². The molecule has 6 rings (SSSR count). The number of nitriles is 1. The number of para-hydroxylation sites is 1. The molecule has 0 bridgehead atoms. The van der Waals surface area contributed by atoms with E-state index in [2.05, 4.69) is 31.1 Å². The lowest BCUT2D eigenvalue weighted by Crippen LogP contribution is -2.39. The van der Waals surface area contributed by atoms with Gasteiger partial charge in [0.25, 0.3) is 9.84 Å². The number of anilines is 2. The van der Waals surface area contributed by atoms with Crippen LogP contribution < -0.4 is 19.9 Å². The lowest BCUT2D eigenvalue weighted by atomic mass is 10.0. The lowest BCUT2D eigenvalue weighted by molar-refractivity contribution is -0.832. The van der Waals surface area contributed by atoms with Crippen LogP contribution in [0.4, 0.5) is 15.9 Å². The molecular weight excluding hydrogens is 662 g/mol. The van der Waals surface area contributed by atoms with Gasteiger partial charge in [-0.25, -0.2) is 22.8 Å². The van der Waals surface area contributed by atoms with Gasteiger partial charge < -0.3 is 20.2 Å². The number of hydrogen-bond donors (Lipinski definition) is 1. The van der Waals surface area contributed by atoms with Gasteiger partial charge in [0, 0.05) is 31.5 Å². The summed E-state index contributed by atoms with van der Waals surface area (Å²) in [5, 5.41) is 28.2. The first-order valence-corrected chi connectivity index (χ1v) is 17.1. The van der Waals surface area contributed by atoms with Crippen molar-refractivity contribution in [2.45, 2.75) is 34.0 Å². The number of benzene rings is 3. The maximum atomic E-state index is 14.0. The molecule has 1 N–H and O–H groups in total. The second-order valence-electron chi connectivity index (χ2n) is 10.5. The molecule has 0 atom stereocenters. The summed E-state index contributed by atoms with van der Waals surface area (Å²) in [5.74, 6) is -1.22. The molecular formula is C32H26FN7O6S2. The first kappa shape index (κ1) is 32.4. The van der Waals surface area contributed by atoms with Gasteiger partial charge in [-0.15, -0.1) is 0 Å². The van der Waals surface area contributed by atoms with Crippen LogP contribution in [0.2, 0.25) is 0 Å². The van der Waals surface area contributed by atoms with Gasteiger partial charge in [-0.2, -0.15) is 5.26 Å². The Kier molecular flexibility index (Phi) is 9.50. The van der Waals surface area contributed by atoms with Crippen molar-refractivity contribution in [1.82, 2.24) is 15.1 Å². The molecule has 1 aliphatic heterocycles. The number of ether oxygens (including phenoxy) is 1. The van der Waals surface area contributed by atoms with Crippen LogP contribution in [0.25, 0.3) is 11.3 Å². The Hall–Kier alpha value is -5.53. The average molecular weight is 688 g/mol. The van der Waals surface area contributed by atoms with Crippen molar-refractivity contribution in [1.29, 1.82) is 5.26 Å². The number of hydrogen-bond acceptors (Lipinski definition) is 12. The molecule has 0 aliphatic carbocycles. The van der Waals surface area contributed by atoms with Crippen molar-refractivity contribution in [3.05, 3.63) is 102 Å². The molecule has 3 aromatic carbocycles. The van der Waals surface area contributed by atoms with Gasteiger partial charge in [-0.05, 0) is 29.2 Å². The summed E-state index contributed by atoms with van der Waals surface area (Å²) in [6.07, 6.45) is 0.187. The summed E-state index contributed by atoms with van der Waals surface area (Å²) in [6.45, 7) is 0.691. The summed E-state index contributed by atoms with van der Waals surface area (Å²) in [7, 11) is -4.28. The summed E-state index contributed by atoms with van der Waals surface area (Å²) < 4.78 is 50.9. The van der Waals surface area contributed by atoms with Crippen LogP contribution >= 0.6 is 11.8 Å². The second kappa shape index (κ2) is 14.1. The van der Waals surface area contributed by atoms with Crippen LogP contribution in [0.1, 0.15) is 18.4 Å². The number of rotatable bonds is 10. The number of thioether (sulfide) groups is 1. The zero-order chi connectivity index (χ0) is 33.7. The minimum Gasteiger partial charge on any atom is -0.451 e. The van der Waals surface area contributed by atoms with Gasteiger partial charge in [0.2, 0.25) is 5.91 Å². The SMILES string of the molecule is N#Cc1c(-c2ccccc2)nc(SCC(=O)Nc2ccccc2F)nc1N1CCC(Oc2no[n+]([O-])c2S(=O)(=O)c2ccccc2)CC1. The van der Waals surface area contributed by atoms with Gasteiger partial charge in [0.05, 0.1) is 27.2 Å². The van der Waals surface area contributed by atoms with E-state index in [-0.39, 0.29) is 32.0 Å². The number of piperidine rings is 1. The monoisotopic (exact) mass is 687 g/mol. The molecule has 16 heteroatoms. The normalized spacial score (nSPS) is 13.5. The van der Waals surface area contributed by atoms with Crippen molar-refractivity contribution in [3.8, 4) is 23.2 Å². The molecule has 3 heterocycles. The average Bonchev–Trinajstić information content (AvgIpc) is 3.49. The zero-order valence-electron chi connectivity index (χ0n) is 25.0.